The number of ketones is 1. The predicted molar refractivity (Wildman–Crippen MR) is 64.2 cm³/mol. The van der Waals surface area contributed by atoms with E-state index in [1.165, 1.54) is 23.5 Å². The summed E-state index contributed by atoms with van der Waals surface area (Å²) in [6, 6.07) is 6.31. The molecule has 0 aliphatic carbocycles. The van der Waals surface area contributed by atoms with E-state index in [2.05, 4.69) is 5.92 Å². The third-order valence-corrected chi connectivity index (χ3v) is 3.39. The van der Waals surface area contributed by atoms with Crippen LogP contribution < -0.4 is 0 Å². The summed E-state index contributed by atoms with van der Waals surface area (Å²) >= 11 is 1.31. The monoisotopic (exact) mass is 232 g/mol. The maximum absolute atomic E-state index is 12.9. The zero-order valence-corrected chi connectivity index (χ0v) is 9.31. The Morgan fingerprint density at radius 1 is 1.44 bits per heavy atom. The third kappa shape index (κ3) is 2.12. The van der Waals surface area contributed by atoms with Gasteiger partial charge in [-0.25, -0.2) is 4.39 Å². The van der Waals surface area contributed by atoms with Crippen LogP contribution in [0.1, 0.15) is 22.5 Å². The van der Waals surface area contributed by atoms with Crippen molar-refractivity contribution in [1.82, 2.24) is 0 Å². The van der Waals surface area contributed by atoms with Crippen molar-refractivity contribution >= 4 is 27.2 Å². The minimum atomic E-state index is -0.281. The van der Waals surface area contributed by atoms with E-state index in [0.29, 0.717) is 17.7 Å². The molecule has 0 aliphatic rings. The van der Waals surface area contributed by atoms with Crippen molar-refractivity contribution in [1.29, 1.82) is 0 Å². The second-order valence-electron chi connectivity index (χ2n) is 3.42. The molecule has 1 aromatic heterocycles. The summed E-state index contributed by atoms with van der Waals surface area (Å²) in [5, 5.41) is 0.899. The van der Waals surface area contributed by atoms with E-state index < -0.39 is 0 Å². The highest BCUT2D eigenvalue weighted by molar-refractivity contribution is 7.20. The van der Waals surface area contributed by atoms with Gasteiger partial charge < -0.3 is 0 Å². The van der Waals surface area contributed by atoms with Crippen LogP contribution in [0, 0.1) is 18.2 Å². The zero-order valence-electron chi connectivity index (χ0n) is 8.50. The molecule has 0 aliphatic heterocycles. The van der Waals surface area contributed by atoms with Gasteiger partial charge in [0.15, 0.2) is 5.78 Å². The van der Waals surface area contributed by atoms with Crippen molar-refractivity contribution in [3.8, 4) is 12.3 Å². The summed E-state index contributed by atoms with van der Waals surface area (Å²) in [7, 11) is 0. The fourth-order valence-corrected chi connectivity index (χ4v) is 2.51. The molecule has 2 aromatic rings. The molecule has 0 bridgehead atoms. The first-order valence-electron chi connectivity index (χ1n) is 4.86. The quantitative estimate of drug-likeness (QED) is 0.583. The first-order chi connectivity index (χ1) is 7.70. The Morgan fingerprint density at radius 3 is 3.00 bits per heavy atom. The summed E-state index contributed by atoms with van der Waals surface area (Å²) in [4.78, 5) is 12.3. The number of terminal acetylenes is 1. The molecule has 0 atom stereocenters. The number of thiophene rings is 1. The predicted octanol–water partition coefficient (Wildman–Crippen LogP) is 3.64. The zero-order chi connectivity index (χ0) is 11.5. The van der Waals surface area contributed by atoms with E-state index in [9.17, 15) is 9.18 Å². The van der Waals surface area contributed by atoms with E-state index in [1.807, 2.05) is 0 Å². The second kappa shape index (κ2) is 4.46. The van der Waals surface area contributed by atoms with Crippen LogP contribution in [0.5, 0.6) is 0 Å². The van der Waals surface area contributed by atoms with Gasteiger partial charge in [0.05, 0.1) is 4.88 Å². The molecule has 3 heteroatoms. The largest absolute Gasteiger partial charge is 0.293 e. The maximum Gasteiger partial charge on any atom is 0.173 e. The van der Waals surface area contributed by atoms with Crippen LogP contribution in [0.4, 0.5) is 4.39 Å². The Morgan fingerprint density at radius 2 is 2.25 bits per heavy atom. The number of rotatable bonds is 3. The summed E-state index contributed by atoms with van der Waals surface area (Å²) < 4.78 is 13.7. The summed E-state index contributed by atoms with van der Waals surface area (Å²) in [5.74, 6) is 2.18. The van der Waals surface area contributed by atoms with Crippen LogP contribution in [0.25, 0.3) is 10.1 Å². The molecule has 80 valence electrons. The highest BCUT2D eigenvalue weighted by Gasteiger charge is 2.09. The normalized spacial score (nSPS) is 10.2. The molecule has 0 N–H and O–H groups in total. The van der Waals surface area contributed by atoms with Crippen LogP contribution in [0.3, 0.4) is 0 Å². The van der Waals surface area contributed by atoms with Gasteiger partial charge in [-0.3, -0.25) is 4.79 Å². The average Bonchev–Trinajstić information content (AvgIpc) is 2.68. The molecule has 1 aromatic carbocycles. The number of hydrogen-bond acceptors (Lipinski definition) is 2. The fourth-order valence-electron chi connectivity index (χ4n) is 1.45. The molecule has 0 unspecified atom stereocenters. The Hall–Kier alpha value is -1.66. The molecule has 2 rings (SSSR count). The van der Waals surface area contributed by atoms with Crippen molar-refractivity contribution in [2.75, 3.05) is 0 Å². The van der Waals surface area contributed by atoms with Crippen molar-refractivity contribution in [2.45, 2.75) is 12.8 Å². The smallest absolute Gasteiger partial charge is 0.173 e. The van der Waals surface area contributed by atoms with Gasteiger partial charge in [0.1, 0.15) is 5.82 Å². The van der Waals surface area contributed by atoms with Gasteiger partial charge in [-0.05, 0) is 23.6 Å². The average molecular weight is 232 g/mol. The van der Waals surface area contributed by atoms with Gasteiger partial charge in [0, 0.05) is 17.5 Å². The van der Waals surface area contributed by atoms with E-state index in [4.69, 9.17) is 6.42 Å². The van der Waals surface area contributed by atoms with Crippen LogP contribution in [-0.4, -0.2) is 5.78 Å². The molecule has 16 heavy (non-hydrogen) atoms. The Kier molecular flexibility index (Phi) is 3.02. The Bertz CT molecular complexity index is 577. The van der Waals surface area contributed by atoms with Gasteiger partial charge in [0.25, 0.3) is 0 Å². The second-order valence-corrected chi connectivity index (χ2v) is 4.50. The van der Waals surface area contributed by atoms with Crippen molar-refractivity contribution in [3.05, 3.63) is 35.0 Å². The highest BCUT2D eigenvalue weighted by atomic mass is 32.1. The number of hydrogen-bond donors (Lipinski definition) is 0. The Balaban J connectivity index is 2.33. The molecular weight excluding hydrogens is 223 g/mol. The third-order valence-electron chi connectivity index (χ3n) is 2.25. The fraction of sp³-hybridized carbons (Fsp3) is 0.154. The SMILES string of the molecule is C#CCCC(=O)c1cc2ccc(F)cc2s1. The van der Waals surface area contributed by atoms with Crippen molar-refractivity contribution < 1.29 is 9.18 Å². The molecule has 0 spiro atoms. The Labute approximate surface area is 96.9 Å². The van der Waals surface area contributed by atoms with Gasteiger partial charge in [-0.1, -0.05) is 6.07 Å². The molecule has 0 amide bonds. The van der Waals surface area contributed by atoms with E-state index >= 15 is 0 Å². The van der Waals surface area contributed by atoms with E-state index in [-0.39, 0.29) is 11.6 Å². The lowest BCUT2D eigenvalue weighted by molar-refractivity contribution is 0.0988. The highest BCUT2D eigenvalue weighted by Crippen LogP contribution is 2.27. The lowest BCUT2D eigenvalue weighted by Crippen LogP contribution is -1.93. The maximum atomic E-state index is 12.9. The van der Waals surface area contributed by atoms with Gasteiger partial charge in [-0.2, -0.15) is 0 Å². The molecule has 0 saturated carbocycles. The van der Waals surface area contributed by atoms with Gasteiger partial charge >= 0.3 is 0 Å². The van der Waals surface area contributed by atoms with Gasteiger partial charge in [0.2, 0.25) is 0 Å². The summed E-state index contributed by atoms with van der Waals surface area (Å²) in [5.41, 5.74) is 0. The lowest BCUT2D eigenvalue weighted by atomic mass is 10.2. The topological polar surface area (TPSA) is 17.1 Å². The van der Waals surface area contributed by atoms with Crippen LogP contribution in [0.15, 0.2) is 24.3 Å². The number of benzene rings is 1. The van der Waals surface area contributed by atoms with Crippen LogP contribution in [0.2, 0.25) is 0 Å². The number of Topliss-reactive ketones (excluding diaryl/α,β-unsaturated/α-hetero) is 1. The molecule has 0 radical (unpaired) electrons. The molecule has 1 nitrogen and oxygen atoms in total. The molecule has 0 saturated heterocycles. The summed E-state index contributed by atoms with van der Waals surface area (Å²) in [6.07, 6.45) is 5.90. The number of halogens is 1. The first kappa shape index (κ1) is 10.8. The lowest BCUT2D eigenvalue weighted by Gasteiger charge is -1.90. The minimum Gasteiger partial charge on any atom is -0.293 e. The molecule has 0 fully saturated rings. The number of fused-ring (bicyclic) bond motifs is 1. The van der Waals surface area contributed by atoms with Crippen molar-refractivity contribution in [3.63, 3.8) is 0 Å². The van der Waals surface area contributed by atoms with Crippen LogP contribution >= 0.6 is 11.3 Å². The number of carbonyl (C=O) groups is 1. The standard InChI is InChI=1S/C13H9FOS/c1-2-3-4-11(15)13-7-9-5-6-10(14)8-12(9)16-13/h1,5-8H,3-4H2. The number of carbonyl (C=O) groups excluding carboxylic acids is 1. The first-order valence-corrected chi connectivity index (χ1v) is 5.68. The van der Waals surface area contributed by atoms with Gasteiger partial charge in [-0.15, -0.1) is 23.7 Å². The minimum absolute atomic E-state index is 0.0274. The molecular formula is C13H9FOS. The van der Waals surface area contributed by atoms with E-state index in [0.717, 1.165) is 10.1 Å². The van der Waals surface area contributed by atoms with Crippen LogP contribution in [-0.2, 0) is 0 Å². The summed E-state index contributed by atoms with van der Waals surface area (Å²) in [6.45, 7) is 0. The van der Waals surface area contributed by atoms with E-state index in [1.54, 1.807) is 12.1 Å². The molecule has 1 heterocycles. The van der Waals surface area contributed by atoms with Crippen molar-refractivity contribution in [2.24, 2.45) is 0 Å².